The molecular formula is C31H29N3O. The molecule has 0 N–H and O–H groups in total. The number of furan rings is 1. The number of imidazole rings is 1. The first-order chi connectivity index (χ1) is 16.9. The molecule has 3 aromatic heterocycles. The normalized spacial score (nSPS) is 12.1. The van der Waals surface area contributed by atoms with Gasteiger partial charge in [0, 0.05) is 28.7 Å². The molecule has 3 heterocycles. The number of rotatable bonds is 4. The number of hydrogen-bond acceptors (Lipinski definition) is 3. The highest BCUT2D eigenvalue weighted by atomic mass is 16.3. The van der Waals surface area contributed by atoms with Crippen molar-refractivity contribution < 1.29 is 4.42 Å². The van der Waals surface area contributed by atoms with Gasteiger partial charge in [0.2, 0.25) is 0 Å². The molecule has 6 aromatic rings. The largest absolute Gasteiger partial charge is 0.456 e. The molecule has 0 radical (unpaired) electrons. The fraction of sp³-hybridized carbons (Fsp3) is 0.226. The van der Waals surface area contributed by atoms with E-state index in [4.69, 9.17) is 9.40 Å². The summed E-state index contributed by atoms with van der Waals surface area (Å²) in [6.45, 7) is 11.2. The van der Waals surface area contributed by atoms with E-state index in [9.17, 15) is 0 Å². The van der Waals surface area contributed by atoms with Gasteiger partial charge in [0.25, 0.3) is 0 Å². The number of hydrogen-bond donors (Lipinski definition) is 0. The van der Waals surface area contributed by atoms with Crippen molar-refractivity contribution in [1.29, 1.82) is 0 Å². The molecule has 3 aromatic carbocycles. The van der Waals surface area contributed by atoms with Crippen LogP contribution in [-0.4, -0.2) is 14.5 Å². The zero-order valence-corrected chi connectivity index (χ0v) is 20.8. The fourth-order valence-electron chi connectivity index (χ4n) is 5.22. The Bertz CT molecular complexity index is 1690. The molecule has 4 heteroatoms. The van der Waals surface area contributed by atoms with Gasteiger partial charge in [0.15, 0.2) is 0 Å². The van der Waals surface area contributed by atoms with Gasteiger partial charge in [0.1, 0.15) is 17.0 Å². The molecule has 0 amide bonds. The monoisotopic (exact) mass is 459 g/mol. The zero-order valence-electron chi connectivity index (χ0n) is 20.8. The van der Waals surface area contributed by atoms with Crippen LogP contribution in [-0.2, 0) is 0 Å². The van der Waals surface area contributed by atoms with Crippen LogP contribution in [0.4, 0.5) is 0 Å². The minimum absolute atomic E-state index is 0.379. The van der Waals surface area contributed by atoms with Crippen molar-refractivity contribution in [3.8, 4) is 17.1 Å². The average molecular weight is 460 g/mol. The maximum Gasteiger partial charge on any atom is 0.146 e. The van der Waals surface area contributed by atoms with Crippen molar-refractivity contribution in [3.05, 3.63) is 89.7 Å². The van der Waals surface area contributed by atoms with E-state index in [1.165, 1.54) is 16.8 Å². The van der Waals surface area contributed by atoms with E-state index < -0.39 is 0 Å². The molecule has 0 bridgehead atoms. The average Bonchev–Trinajstić information content (AvgIpc) is 3.40. The van der Waals surface area contributed by atoms with Crippen LogP contribution in [0.3, 0.4) is 0 Å². The van der Waals surface area contributed by atoms with E-state index in [2.05, 4.69) is 98.8 Å². The standard InChI is InChI=1S/C31H29N3O/c1-18(2)21-9-8-10-22(19(3)4)30(21)34-27-12-7-6-11-26(27)33-31(34)23-16-29-24(15-20(23)5)25-17-32-14-13-28(25)35-29/h6-19H,1-5H3. The molecule has 174 valence electrons. The van der Waals surface area contributed by atoms with Crippen molar-refractivity contribution in [2.75, 3.05) is 0 Å². The summed E-state index contributed by atoms with van der Waals surface area (Å²) in [5.41, 5.74) is 9.95. The topological polar surface area (TPSA) is 43.9 Å². The van der Waals surface area contributed by atoms with Gasteiger partial charge in [-0.05, 0) is 65.8 Å². The third-order valence-electron chi connectivity index (χ3n) is 6.99. The van der Waals surface area contributed by atoms with Crippen LogP contribution < -0.4 is 0 Å². The lowest BCUT2D eigenvalue weighted by Gasteiger charge is -2.23. The Hall–Kier alpha value is -3.92. The van der Waals surface area contributed by atoms with Crippen LogP contribution in [0.15, 0.2) is 77.5 Å². The Morgan fingerprint density at radius 3 is 2.29 bits per heavy atom. The van der Waals surface area contributed by atoms with E-state index in [1.807, 2.05) is 12.3 Å². The van der Waals surface area contributed by atoms with E-state index >= 15 is 0 Å². The summed E-state index contributed by atoms with van der Waals surface area (Å²) in [5.74, 6) is 1.70. The summed E-state index contributed by atoms with van der Waals surface area (Å²) >= 11 is 0. The molecule has 4 nitrogen and oxygen atoms in total. The molecule has 6 rings (SSSR count). The third-order valence-corrected chi connectivity index (χ3v) is 6.99. The van der Waals surface area contributed by atoms with Gasteiger partial charge < -0.3 is 4.42 Å². The number of nitrogens with zero attached hydrogens (tertiary/aromatic N) is 3. The third kappa shape index (κ3) is 3.35. The highest BCUT2D eigenvalue weighted by molar-refractivity contribution is 6.06. The van der Waals surface area contributed by atoms with Gasteiger partial charge in [0.05, 0.1) is 16.7 Å². The highest BCUT2D eigenvalue weighted by Gasteiger charge is 2.23. The quantitative estimate of drug-likeness (QED) is 0.265. The Morgan fingerprint density at radius 2 is 1.54 bits per heavy atom. The molecule has 0 saturated carbocycles. The predicted octanol–water partition coefficient (Wildman–Crippen LogP) is 8.54. The van der Waals surface area contributed by atoms with Gasteiger partial charge in [-0.25, -0.2) is 4.98 Å². The smallest absolute Gasteiger partial charge is 0.146 e. The van der Waals surface area contributed by atoms with Crippen LogP contribution in [0.1, 0.15) is 56.2 Å². The second kappa shape index (κ2) is 8.09. The molecule has 0 aliphatic rings. The van der Waals surface area contributed by atoms with E-state index in [-0.39, 0.29) is 0 Å². The Balaban J connectivity index is 1.72. The number of aryl methyl sites for hydroxylation is 1. The Kier molecular flexibility index (Phi) is 4.99. The molecule has 35 heavy (non-hydrogen) atoms. The van der Waals surface area contributed by atoms with Crippen molar-refractivity contribution in [2.45, 2.75) is 46.5 Å². The summed E-state index contributed by atoms with van der Waals surface area (Å²) in [6, 6.07) is 21.4. The maximum absolute atomic E-state index is 6.24. The van der Waals surface area contributed by atoms with E-state index in [1.54, 1.807) is 6.20 Å². The summed E-state index contributed by atoms with van der Waals surface area (Å²) in [6.07, 6.45) is 3.65. The van der Waals surface area contributed by atoms with Gasteiger partial charge >= 0.3 is 0 Å². The summed E-state index contributed by atoms with van der Waals surface area (Å²) < 4.78 is 8.61. The first kappa shape index (κ1) is 21.6. The molecular weight excluding hydrogens is 430 g/mol. The molecule has 0 atom stereocenters. The highest BCUT2D eigenvalue weighted by Crippen LogP contribution is 2.39. The first-order valence-corrected chi connectivity index (χ1v) is 12.3. The lowest BCUT2D eigenvalue weighted by atomic mass is 9.92. The Labute approximate surface area is 205 Å². The van der Waals surface area contributed by atoms with Crippen LogP contribution in [0.25, 0.3) is 50.0 Å². The maximum atomic E-state index is 6.24. The first-order valence-electron chi connectivity index (χ1n) is 12.3. The van der Waals surface area contributed by atoms with Crippen LogP contribution in [0.2, 0.25) is 0 Å². The van der Waals surface area contributed by atoms with Crippen molar-refractivity contribution in [2.24, 2.45) is 0 Å². The van der Waals surface area contributed by atoms with Crippen LogP contribution in [0, 0.1) is 6.92 Å². The predicted molar refractivity (Wildman–Crippen MR) is 144 cm³/mol. The zero-order chi connectivity index (χ0) is 24.3. The minimum Gasteiger partial charge on any atom is -0.456 e. The molecule has 0 aliphatic heterocycles. The van der Waals surface area contributed by atoms with Crippen molar-refractivity contribution in [1.82, 2.24) is 14.5 Å². The molecule has 0 saturated heterocycles. The summed E-state index contributed by atoms with van der Waals surface area (Å²) in [5, 5.41) is 2.13. The number of para-hydroxylation sites is 3. The van der Waals surface area contributed by atoms with Gasteiger partial charge in [-0.2, -0.15) is 0 Å². The number of aromatic nitrogens is 3. The van der Waals surface area contributed by atoms with Crippen LogP contribution >= 0.6 is 0 Å². The second-order valence-electron chi connectivity index (χ2n) is 9.99. The van der Waals surface area contributed by atoms with Gasteiger partial charge in [-0.3, -0.25) is 9.55 Å². The number of fused-ring (bicyclic) bond motifs is 4. The number of pyridine rings is 1. The van der Waals surface area contributed by atoms with Gasteiger partial charge in [-0.15, -0.1) is 0 Å². The van der Waals surface area contributed by atoms with E-state index in [0.29, 0.717) is 11.8 Å². The fourth-order valence-corrected chi connectivity index (χ4v) is 5.22. The Morgan fingerprint density at radius 1 is 0.800 bits per heavy atom. The lowest BCUT2D eigenvalue weighted by molar-refractivity contribution is 0.668. The van der Waals surface area contributed by atoms with Crippen molar-refractivity contribution in [3.63, 3.8) is 0 Å². The number of benzene rings is 3. The van der Waals surface area contributed by atoms with E-state index in [0.717, 1.165) is 49.9 Å². The second-order valence-corrected chi connectivity index (χ2v) is 9.99. The lowest BCUT2D eigenvalue weighted by Crippen LogP contribution is -2.08. The minimum atomic E-state index is 0.379. The molecule has 0 fully saturated rings. The van der Waals surface area contributed by atoms with Crippen LogP contribution in [0.5, 0.6) is 0 Å². The summed E-state index contributed by atoms with van der Waals surface area (Å²) in [4.78, 5) is 9.49. The van der Waals surface area contributed by atoms with Gasteiger partial charge in [-0.1, -0.05) is 58.0 Å². The van der Waals surface area contributed by atoms with Crippen molar-refractivity contribution >= 4 is 33.0 Å². The summed E-state index contributed by atoms with van der Waals surface area (Å²) in [7, 11) is 0. The SMILES string of the molecule is Cc1cc2c(cc1-c1nc3ccccc3n1-c1c(C(C)C)cccc1C(C)C)oc1ccncc12. The molecule has 0 spiro atoms. The molecule has 0 unspecified atom stereocenters. The molecule has 0 aliphatic carbocycles.